The lowest BCUT2D eigenvalue weighted by Crippen LogP contribution is -2.60. The lowest BCUT2D eigenvalue weighted by Gasteiger charge is -2.29. The van der Waals surface area contributed by atoms with Crippen LogP contribution in [0, 0.1) is 5.92 Å². The third kappa shape index (κ3) is 2.88. The highest BCUT2D eigenvalue weighted by Crippen LogP contribution is 2.34. The Hall–Kier alpha value is -1.59. The van der Waals surface area contributed by atoms with Gasteiger partial charge in [0.05, 0.1) is 13.2 Å². The number of carbonyl (C=O) groups is 3. The summed E-state index contributed by atoms with van der Waals surface area (Å²) in [6.45, 7) is 5.54. The molecule has 0 aliphatic carbocycles. The number of hydrogen-bond donors (Lipinski definition) is 1. The second kappa shape index (κ2) is 6.54. The molecule has 108 valence electrons. The van der Waals surface area contributed by atoms with E-state index >= 15 is 0 Å². The van der Waals surface area contributed by atoms with Crippen molar-refractivity contribution in [3.63, 3.8) is 0 Å². The molecular weight excluding hydrogens is 250 g/mol. The highest BCUT2D eigenvalue weighted by atomic mass is 16.6. The molecule has 0 aromatic rings. The number of carbonyl (C=O) groups excluding carboxylic acids is 3. The first-order valence-electron chi connectivity index (χ1n) is 6.68. The average molecular weight is 271 g/mol. The Bertz CT molecular complexity index is 348. The minimum atomic E-state index is -1.67. The number of nitrogens with one attached hydrogen (secondary N) is 1. The summed E-state index contributed by atoms with van der Waals surface area (Å²) < 4.78 is 9.93. The molecule has 1 aliphatic rings. The van der Waals surface area contributed by atoms with Crippen molar-refractivity contribution in [2.75, 3.05) is 13.2 Å². The van der Waals surface area contributed by atoms with Crippen molar-refractivity contribution in [3.8, 4) is 0 Å². The van der Waals surface area contributed by atoms with E-state index in [1.807, 2.05) is 6.92 Å². The lowest BCUT2D eigenvalue weighted by molar-refractivity contribution is -0.168. The van der Waals surface area contributed by atoms with Crippen molar-refractivity contribution in [1.29, 1.82) is 0 Å². The summed E-state index contributed by atoms with van der Waals surface area (Å²) >= 11 is 0. The zero-order valence-corrected chi connectivity index (χ0v) is 11.7. The van der Waals surface area contributed by atoms with Gasteiger partial charge in [-0.3, -0.25) is 4.79 Å². The normalized spacial score (nSPS) is 20.8. The standard InChI is InChI=1S/C13H21NO5/c1-4-7-9-8-10(15)14-13(9,11(16)18-5-2)12(17)19-6-3/h9H,4-8H2,1-3H3,(H,14,15)/t9-/m1/s1. The molecule has 1 N–H and O–H groups in total. The molecule has 1 rings (SSSR count). The minimum Gasteiger partial charge on any atom is -0.464 e. The Morgan fingerprint density at radius 3 is 2.16 bits per heavy atom. The van der Waals surface area contributed by atoms with Gasteiger partial charge in [-0.1, -0.05) is 13.3 Å². The van der Waals surface area contributed by atoms with E-state index in [4.69, 9.17) is 9.47 Å². The predicted octanol–water partition coefficient (Wildman–Crippen LogP) is 0.788. The summed E-state index contributed by atoms with van der Waals surface area (Å²) in [6.07, 6.45) is 1.49. The molecule has 6 heteroatoms. The van der Waals surface area contributed by atoms with E-state index in [0.29, 0.717) is 6.42 Å². The van der Waals surface area contributed by atoms with Gasteiger partial charge in [0.15, 0.2) is 0 Å². The third-order valence-corrected chi connectivity index (χ3v) is 3.21. The molecule has 19 heavy (non-hydrogen) atoms. The van der Waals surface area contributed by atoms with Crippen LogP contribution in [0.2, 0.25) is 0 Å². The van der Waals surface area contributed by atoms with Crippen molar-refractivity contribution >= 4 is 17.8 Å². The quantitative estimate of drug-likeness (QED) is 0.570. The maximum Gasteiger partial charge on any atom is 0.344 e. The van der Waals surface area contributed by atoms with Gasteiger partial charge in [0.2, 0.25) is 11.4 Å². The largest absolute Gasteiger partial charge is 0.464 e. The number of rotatable bonds is 6. The van der Waals surface area contributed by atoms with Crippen molar-refractivity contribution in [2.45, 2.75) is 45.6 Å². The van der Waals surface area contributed by atoms with Crippen molar-refractivity contribution in [3.05, 3.63) is 0 Å². The van der Waals surface area contributed by atoms with E-state index < -0.39 is 23.4 Å². The number of amides is 1. The van der Waals surface area contributed by atoms with E-state index in [1.54, 1.807) is 13.8 Å². The van der Waals surface area contributed by atoms with Crippen LogP contribution in [0.25, 0.3) is 0 Å². The van der Waals surface area contributed by atoms with Crippen molar-refractivity contribution in [2.24, 2.45) is 5.92 Å². The molecule has 1 fully saturated rings. The number of ether oxygens (including phenoxy) is 2. The van der Waals surface area contributed by atoms with Crippen LogP contribution in [0.3, 0.4) is 0 Å². The fourth-order valence-electron chi connectivity index (χ4n) is 2.43. The van der Waals surface area contributed by atoms with Crippen LogP contribution in [-0.4, -0.2) is 36.6 Å². The Morgan fingerprint density at radius 2 is 1.74 bits per heavy atom. The van der Waals surface area contributed by atoms with Gasteiger partial charge in [-0.2, -0.15) is 0 Å². The van der Waals surface area contributed by atoms with Crippen LogP contribution < -0.4 is 5.32 Å². The molecule has 0 bridgehead atoms. The van der Waals surface area contributed by atoms with Gasteiger partial charge in [0.1, 0.15) is 0 Å². The highest BCUT2D eigenvalue weighted by Gasteiger charge is 2.60. The Morgan fingerprint density at radius 1 is 1.21 bits per heavy atom. The highest BCUT2D eigenvalue weighted by molar-refractivity contribution is 6.10. The molecule has 6 nitrogen and oxygen atoms in total. The molecule has 0 radical (unpaired) electrons. The van der Waals surface area contributed by atoms with Gasteiger partial charge in [-0.05, 0) is 20.3 Å². The Balaban J connectivity index is 3.12. The van der Waals surface area contributed by atoms with Crippen LogP contribution in [0.1, 0.15) is 40.0 Å². The molecule has 1 heterocycles. The number of esters is 2. The van der Waals surface area contributed by atoms with Crippen LogP contribution in [0.15, 0.2) is 0 Å². The van der Waals surface area contributed by atoms with Gasteiger partial charge >= 0.3 is 11.9 Å². The summed E-state index contributed by atoms with van der Waals surface area (Å²) in [7, 11) is 0. The summed E-state index contributed by atoms with van der Waals surface area (Å²) in [5, 5.41) is 2.48. The van der Waals surface area contributed by atoms with E-state index in [1.165, 1.54) is 0 Å². The molecule has 0 spiro atoms. The van der Waals surface area contributed by atoms with E-state index in [0.717, 1.165) is 6.42 Å². The van der Waals surface area contributed by atoms with E-state index in [-0.39, 0.29) is 25.5 Å². The predicted molar refractivity (Wildman–Crippen MR) is 67.2 cm³/mol. The van der Waals surface area contributed by atoms with E-state index in [2.05, 4.69) is 5.32 Å². The zero-order chi connectivity index (χ0) is 14.5. The first kappa shape index (κ1) is 15.5. The third-order valence-electron chi connectivity index (χ3n) is 3.21. The Kier molecular flexibility index (Phi) is 5.32. The Labute approximate surface area is 112 Å². The van der Waals surface area contributed by atoms with Gasteiger partial charge < -0.3 is 14.8 Å². The van der Waals surface area contributed by atoms with Gasteiger partial charge in [0.25, 0.3) is 0 Å². The number of hydrogen-bond acceptors (Lipinski definition) is 5. The molecule has 0 unspecified atom stereocenters. The van der Waals surface area contributed by atoms with Crippen LogP contribution in [-0.2, 0) is 23.9 Å². The first-order chi connectivity index (χ1) is 9.02. The molecular formula is C13H21NO5. The maximum atomic E-state index is 12.2. The molecule has 0 saturated carbocycles. The SMILES string of the molecule is CCC[C@@H]1CC(=O)NC1(C(=O)OCC)C(=O)OCC. The molecule has 1 saturated heterocycles. The first-order valence-corrected chi connectivity index (χ1v) is 6.68. The summed E-state index contributed by atoms with van der Waals surface area (Å²) in [4.78, 5) is 36.0. The van der Waals surface area contributed by atoms with Gasteiger partial charge in [-0.25, -0.2) is 9.59 Å². The fourth-order valence-corrected chi connectivity index (χ4v) is 2.43. The monoisotopic (exact) mass is 271 g/mol. The van der Waals surface area contributed by atoms with Crippen molar-refractivity contribution in [1.82, 2.24) is 5.32 Å². The second-order valence-corrected chi connectivity index (χ2v) is 4.49. The van der Waals surface area contributed by atoms with Crippen LogP contribution >= 0.6 is 0 Å². The molecule has 0 aromatic carbocycles. The molecule has 1 aliphatic heterocycles. The van der Waals surface area contributed by atoms with Crippen LogP contribution in [0.5, 0.6) is 0 Å². The fraction of sp³-hybridized carbons (Fsp3) is 0.769. The van der Waals surface area contributed by atoms with Crippen molar-refractivity contribution < 1.29 is 23.9 Å². The molecule has 1 atom stereocenters. The minimum absolute atomic E-state index is 0.144. The maximum absolute atomic E-state index is 12.2. The zero-order valence-electron chi connectivity index (χ0n) is 11.7. The molecule has 1 amide bonds. The lowest BCUT2D eigenvalue weighted by atomic mass is 9.82. The summed E-state index contributed by atoms with van der Waals surface area (Å²) in [6, 6.07) is 0. The summed E-state index contributed by atoms with van der Waals surface area (Å²) in [5.41, 5.74) is -1.67. The average Bonchev–Trinajstić information content (AvgIpc) is 2.68. The van der Waals surface area contributed by atoms with Crippen LogP contribution in [0.4, 0.5) is 0 Å². The van der Waals surface area contributed by atoms with E-state index in [9.17, 15) is 14.4 Å². The smallest absolute Gasteiger partial charge is 0.344 e. The molecule has 0 aromatic heterocycles. The topological polar surface area (TPSA) is 81.7 Å². The van der Waals surface area contributed by atoms with Gasteiger partial charge in [-0.15, -0.1) is 0 Å². The van der Waals surface area contributed by atoms with Gasteiger partial charge in [0, 0.05) is 12.3 Å². The summed E-state index contributed by atoms with van der Waals surface area (Å²) in [5.74, 6) is -2.18. The second-order valence-electron chi connectivity index (χ2n) is 4.49.